The van der Waals surface area contributed by atoms with Gasteiger partial charge in [-0.3, -0.25) is 9.36 Å². The van der Waals surface area contributed by atoms with E-state index in [2.05, 4.69) is 19.9 Å². The molecule has 2 atom stereocenters. The van der Waals surface area contributed by atoms with Gasteiger partial charge in [0.25, 0.3) is 0 Å². The third kappa shape index (κ3) is 3.77. The Bertz CT molecular complexity index is 916. The van der Waals surface area contributed by atoms with Crippen LogP contribution in [0.4, 0.5) is 0 Å². The van der Waals surface area contributed by atoms with E-state index in [4.69, 9.17) is 4.52 Å². The van der Waals surface area contributed by atoms with Crippen LogP contribution < -0.4 is 10.6 Å². The molecule has 0 fully saturated rings. The molecule has 0 bridgehead atoms. The fourth-order valence-corrected chi connectivity index (χ4v) is 6.05. The van der Waals surface area contributed by atoms with E-state index in [0.717, 1.165) is 17.6 Å². The van der Waals surface area contributed by atoms with Crippen molar-refractivity contribution in [2.45, 2.75) is 34.1 Å². The summed E-state index contributed by atoms with van der Waals surface area (Å²) >= 11 is 0. The predicted octanol–water partition coefficient (Wildman–Crippen LogP) is 5.40. The molecular formula is C24H27O3P. The van der Waals surface area contributed by atoms with Crippen LogP contribution in [0.1, 0.15) is 34.1 Å². The van der Waals surface area contributed by atoms with Crippen molar-refractivity contribution >= 4 is 23.9 Å². The van der Waals surface area contributed by atoms with E-state index in [-0.39, 0.29) is 5.41 Å². The summed E-state index contributed by atoms with van der Waals surface area (Å²) in [7, 11) is -3.55. The normalized spacial score (nSPS) is 22.2. The number of carbonyl (C=O) groups excluding carboxylic acids is 1. The van der Waals surface area contributed by atoms with Gasteiger partial charge in [-0.2, -0.15) is 0 Å². The van der Waals surface area contributed by atoms with Crippen LogP contribution in [0.25, 0.3) is 0 Å². The first-order valence-electron chi connectivity index (χ1n) is 9.62. The van der Waals surface area contributed by atoms with Gasteiger partial charge in [-0.1, -0.05) is 73.5 Å². The summed E-state index contributed by atoms with van der Waals surface area (Å²) in [6, 6.07) is 18.0. The van der Waals surface area contributed by atoms with Gasteiger partial charge in [0.1, 0.15) is 0 Å². The first-order valence-corrected chi connectivity index (χ1v) is 11.2. The molecule has 1 aliphatic carbocycles. The maximum Gasteiger partial charge on any atom is 0.319 e. The highest BCUT2D eigenvalue weighted by molar-refractivity contribution is 7.74. The van der Waals surface area contributed by atoms with Crippen molar-refractivity contribution in [3.63, 3.8) is 0 Å². The van der Waals surface area contributed by atoms with E-state index in [9.17, 15) is 9.36 Å². The van der Waals surface area contributed by atoms with Gasteiger partial charge in [-0.25, -0.2) is 0 Å². The summed E-state index contributed by atoms with van der Waals surface area (Å²) in [6.45, 7) is 8.12. The minimum absolute atomic E-state index is 0.363. The number of benzene rings is 2. The number of hydrogen-bond acceptors (Lipinski definition) is 3. The summed E-state index contributed by atoms with van der Waals surface area (Å²) < 4.78 is 20.0. The van der Waals surface area contributed by atoms with E-state index in [1.54, 1.807) is 24.3 Å². The van der Waals surface area contributed by atoms with Crippen LogP contribution in [0.3, 0.4) is 0 Å². The van der Waals surface area contributed by atoms with Crippen molar-refractivity contribution in [1.29, 1.82) is 0 Å². The molecule has 0 amide bonds. The van der Waals surface area contributed by atoms with Gasteiger partial charge in [-0.15, -0.1) is 0 Å². The van der Waals surface area contributed by atoms with Crippen LogP contribution in [-0.4, -0.2) is 5.97 Å². The average Bonchev–Trinajstić information content (AvgIpc) is 2.68. The molecule has 3 nitrogen and oxygen atoms in total. The second-order valence-corrected chi connectivity index (χ2v) is 10.0. The molecule has 2 aromatic rings. The Labute approximate surface area is 167 Å². The molecule has 0 radical (unpaired) electrons. The van der Waals surface area contributed by atoms with Crippen molar-refractivity contribution in [3.05, 3.63) is 84.0 Å². The van der Waals surface area contributed by atoms with Crippen LogP contribution in [0.15, 0.2) is 84.0 Å². The van der Waals surface area contributed by atoms with Crippen LogP contribution in [0.5, 0.6) is 0 Å². The van der Waals surface area contributed by atoms with Gasteiger partial charge in [0, 0.05) is 5.41 Å². The molecule has 0 aliphatic heterocycles. The van der Waals surface area contributed by atoms with Crippen molar-refractivity contribution in [2.75, 3.05) is 0 Å². The Balaban J connectivity index is 2.04. The summed E-state index contributed by atoms with van der Waals surface area (Å²) in [6.07, 6.45) is 4.93. The largest absolute Gasteiger partial charge is 0.404 e. The molecule has 28 heavy (non-hydrogen) atoms. The lowest BCUT2D eigenvalue weighted by atomic mass is 9.68. The average molecular weight is 394 g/mol. The molecule has 1 aliphatic rings. The number of hydrogen-bond donors (Lipinski definition) is 0. The quantitative estimate of drug-likeness (QED) is 0.638. The monoisotopic (exact) mass is 394 g/mol. The summed E-state index contributed by atoms with van der Waals surface area (Å²) in [4.78, 5) is 13.4. The maximum atomic E-state index is 14.1. The number of allylic oxidation sites excluding steroid dienone is 3. The first-order chi connectivity index (χ1) is 13.3. The second kappa shape index (κ2) is 7.93. The van der Waals surface area contributed by atoms with Gasteiger partial charge in [0.2, 0.25) is 0 Å². The zero-order chi connectivity index (χ0) is 20.4. The number of carbonyl (C=O) groups is 1. The first kappa shape index (κ1) is 20.4. The van der Waals surface area contributed by atoms with Crippen molar-refractivity contribution < 1.29 is 13.9 Å². The lowest BCUT2D eigenvalue weighted by Crippen LogP contribution is -2.36. The zero-order valence-electron chi connectivity index (χ0n) is 16.9. The van der Waals surface area contributed by atoms with Crippen LogP contribution in [0, 0.1) is 11.3 Å². The van der Waals surface area contributed by atoms with E-state index in [1.165, 1.54) is 0 Å². The Hall–Kier alpha value is -2.38. The zero-order valence-corrected chi connectivity index (χ0v) is 17.8. The van der Waals surface area contributed by atoms with Crippen LogP contribution in [-0.2, 0) is 13.9 Å². The van der Waals surface area contributed by atoms with Gasteiger partial charge in [0.15, 0.2) is 0 Å². The molecule has 4 heteroatoms. The smallest absolute Gasteiger partial charge is 0.319 e. The Morgan fingerprint density at radius 2 is 1.50 bits per heavy atom. The third-order valence-corrected chi connectivity index (χ3v) is 7.93. The fourth-order valence-electron chi connectivity index (χ4n) is 4.05. The summed E-state index contributed by atoms with van der Waals surface area (Å²) in [5.41, 5.74) is 1.72. The highest BCUT2D eigenvalue weighted by atomic mass is 31.2. The van der Waals surface area contributed by atoms with Crippen molar-refractivity contribution in [3.8, 4) is 0 Å². The van der Waals surface area contributed by atoms with E-state index >= 15 is 0 Å². The topological polar surface area (TPSA) is 43.4 Å². The molecule has 0 aromatic heterocycles. The van der Waals surface area contributed by atoms with Crippen molar-refractivity contribution in [1.82, 2.24) is 0 Å². The third-order valence-electron chi connectivity index (χ3n) is 5.54. The molecule has 2 unspecified atom stereocenters. The SMILES string of the molecule is CCC1(C)C=C(C)C=C(C)C1C(=O)OP(=O)(c1ccccc1)c1ccccc1. The van der Waals surface area contributed by atoms with E-state index in [1.807, 2.05) is 56.3 Å². The molecule has 0 spiro atoms. The highest BCUT2D eigenvalue weighted by Gasteiger charge is 2.43. The highest BCUT2D eigenvalue weighted by Crippen LogP contribution is 2.49. The minimum atomic E-state index is -3.55. The maximum absolute atomic E-state index is 14.1. The molecule has 146 valence electrons. The van der Waals surface area contributed by atoms with Gasteiger partial charge >= 0.3 is 13.3 Å². The minimum Gasteiger partial charge on any atom is -0.404 e. The lowest BCUT2D eigenvalue weighted by molar-refractivity contribution is -0.140. The van der Waals surface area contributed by atoms with Gasteiger partial charge < -0.3 is 4.52 Å². The van der Waals surface area contributed by atoms with Gasteiger partial charge in [0.05, 0.1) is 16.5 Å². The molecule has 3 rings (SSSR count). The molecule has 2 aromatic carbocycles. The van der Waals surface area contributed by atoms with Gasteiger partial charge in [-0.05, 0) is 44.5 Å². The standard InChI is InChI=1S/C24H27O3P/c1-5-24(4)17-18(2)16-19(3)22(24)23(25)27-28(26,20-12-8-6-9-13-20)21-14-10-7-11-15-21/h6-17,22H,5H2,1-4H3. The van der Waals surface area contributed by atoms with E-state index in [0.29, 0.717) is 10.6 Å². The molecule has 0 saturated heterocycles. The van der Waals surface area contributed by atoms with Crippen LogP contribution in [0.2, 0.25) is 0 Å². The van der Waals surface area contributed by atoms with Crippen LogP contribution >= 0.6 is 7.37 Å². The molecule has 0 saturated carbocycles. The van der Waals surface area contributed by atoms with E-state index < -0.39 is 19.3 Å². The Morgan fingerprint density at radius 3 is 1.96 bits per heavy atom. The molecule has 0 heterocycles. The second-order valence-electron chi connectivity index (χ2n) is 7.70. The Morgan fingerprint density at radius 1 is 1.00 bits per heavy atom. The number of rotatable bonds is 5. The molecule has 0 N–H and O–H groups in total. The summed E-state index contributed by atoms with van der Waals surface area (Å²) in [5.74, 6) is -0.889. The fraction of sp³-hybridized carbons (Fsp3) is 0.292. The molecular weight excluding hydrogens is 367 g/mol. The predicted molar refractivity (Wildman–Crippen MR) is 115 cm³/mol. The lowest BCUT2D eigenvalue weighted by Gasteiger charge is -2.37. The Kier molecular flexibility index (Phi) is 5.76. The van der Waals surface area contributed by atoms with Crippen molar-refractivity contribution in [2.24, 2.45) is 11.3 Å². The summed E-state index contributed by atoms with van der Waals surface area (Å²) in [5, 5.41) is 1.05.